The first-order chi connectivity index (χ1) is 16.5. The van der Waals surface area contributed by atoms with Gasteiger partial charge in [-0.05, 0) is 17.8 Å². The Hall–Kier alpha value is -2.88. The number of hydrogen-bond donors (Lipinski definition) is 4. The van der Waals surface area contributed by atoms with E-state index < -0.39 is 29.3 Å². The van der Waals surface area contributed by atoms with Crippen LogP contribution in [0.1, 0.15) is 37.9 Å². The molecule has 35 heavy (non-hydrogen) atoms. The Kier molecular flexibility index (Phi) is 10.3. The van der Waals surface area contributed by atoms with E-state index in [-0.39, 0.29) is 36.3 Å². The van der Waals surface area contributed by atoms with E-state index in [0.717, 1.165) is 0 Å². The van der Waals surface area contributed by atoms with Gasteiger partial charge >= 0.3 is 11.9 Å². The zero-order chi connectivity index (χ0) is 26.3. The maximum absolute atomic E-state index is 12.5. The van der Waals surface area contributed by atoms with Crippen LogP contribution in [0.4, 0.5) is 0 Å². The molecule has 0 radical (unpaired) electrons. The average Bonchev–Trinajstić information content (AvgIpc) is 2.84. The SMILES string of the molecule is NC(=S)NC(C(=O)O)c1ccccc1.O=C(O)c1c(Cl)c(Cl)c(Cl)c(Cl)c1C(=O)c1ccccc1. The second kappa shape index (κ2) is 12.7. The van der Waals surface area contributed by atoms with Crippen molar-refractivity contribution in [2.75, 3.05) is 0 Å². The number of thiocarbonyl (C=S) groups is 1. The topological polar surface area (TPSA) is 130 Å². The molecule has 0 bridgehead atoms. The Morgan fingerprint density at radius 2 is 1.23 bits per heavy atom. The third-order valence-electron chi connectivity index (χ3n) is 4.41. The van der Waals surface area contributed by atoms with E-state index >= 15 is 0 Å². The number of aromatic carboxylic acids is 1. The number of nitrogens with one attached hydrogen (secondary N) is 1. The maximum Gasteiger partial charge on any atom is 0.338 e. The third-order valence-corrected chi connectivity index (χ3v) is 6.33. The number of nitrogens with two attached hydrogens (primary N) is 1. The van der Waals surface area contributed by atoms with E-state index in [1.807, 2.05) is 6.07 Å². The number of benzene rings is 3. The molecule has 0 saturated carbocycles. The highest BCUT2D eigenvalue weighted by atomic mass is 35.5. The van der Waals surface area contributed by atoms with Gasteiger partial charge in [0, 0.05) is 5.56 Å². The fourth-order valence-electron chi connectivity index (χ4n) is 2.85. The summed E-state index contributed by atoms with van der Waals surface area (Å²) in [6, 6.07) is 15.9. The molecule has 1 unspecified atom stereocenters. The van der Waals surface area contributed by atoms with Gasteiger partial charge in [0.25, 0.3) is 0 Å². The number of halogens is 4. The first kappa shape index (κ1) is 28.4. The van der Waals surface area contributed by atoms with Crippen molar-refractivity contribution in [3.8, 4) is 0 Å². The molecule has 0 aliphatic rings. The molecule has 0 amide bonds. The lowest BCUT2D eigenvalue weighted by Gasteiger charge is -2.14. The van der Waals surface area contributed by atoms with E-state index in [1.165, 1.54) is 12.1 Å². The standard InChI is InChI=1S/C14H6Cl4O3.C9H10N2O2S/c15-9-7(13(19)6-4-2-1-3-5-6)8(14(20)21)10(16)12(18)11(9)17;10-9(14)11-7(8(12)13)6-4-2-1-3-5-6/h1-5H,(H,20,21);1-5,7H,(H,12,13)(H3,10,11,14). The first-order valence-corrected chi connectivity index (χ1v) is 11.4. The molecule has 0 spiro atoms. The molecule has 0 aliphatic carbocycles. The van der Waals surface area contributed by atoms with Crippen LogP contribution in [-0.2, 0) is 4.79 Å². The van der Waals surface area contributed by atoms with Crippen LogP contribution < -0.4 is 11.1 Å². The summed E-state index contributed by atoms with van der Waals surface area (Å²) in [6.45, 7) is 0. The van der Waals surface area contributed by atoms with Crippen molar-refractivity contribution >= 4 is 81.5 Å². The van der Waals surface area contributed by atoms with Crippen LogP contribution in [-0.4, -0.2) is 33.0 Å². The Morgan fingerprint density at radius 1 is 0.771 bits per heavy atom. The number of hydrogen-bond acceptors (Lipinski definition) is 4. The smallest absolute Gasteiger partial charge is 0.338 e. The normalized spacial score (nSPS) is 11.0. The molecule has 7 nitrogen and oxygen atoms in total. The monoisotopic (exact) mass is 572 g/mol. The number of carbonyl (C=O) groups excluding carboxylic acids is 1. The summed E-state index contributed by atoms with van der Waals surface area (Å²) in [6.07, 6.45) is 0. The second-order valence-electron chi connectivity index (χ2n) is 6.70. The summed E-state index contributed by atoms with van der Waals surface area (Å²) in [5.41, 5.74) is 5.35. The first-order valence-electron chi connectivity index (χ1n) is 9.50. The molecular weight excluding hydrogens is 558 g/mol. The van der Waals surface area contributed by atoms with E-state index in [9.17, 15) is 19.5 Å². The zero-order valence-electron chi connectivity index (χ0n) is 17.5. The van der Waals surface area contributed by atoms with E-state index in [1.54, 1.807) is 42.5 Å². The number of ketones is 1. The van der Waals surface area contributed by atoms with Crippen molar-refractivity contribution in [2.24, 2.45) is 5.73 Å². The fraction of sp³-hybridized carbons (Fsp3) is 0.0435. The number of carbonyl (C=O) groups is 3. The van der Waals surface area contributed by atoms with E-state index in [4.69, 9.17) is 57.2 Å². The van der Waals surface area contributed by atoms with E-state index in [0.29, 0.717) is 5.56 Å². The minimum atomic E-state index is -1.42. The van der Waals surface area contributed by atoms with Crippen molar-refractivity contribution in [1.82, 2.24) is 5.32 Å². The Labute approximate surface area is 225 Å². The molecule has 0 aliphatic heterocycles. The third kappa shape index (κ3) is 7.06. The lowest BCUT2D eigenvalue weighted by molar-refractivity contribution is -0.139. The lowest BCUT2D eigenvalue weighted by atomic mass is 9.98. The van der Waals surface area contributed by atoms with Crippen molar-refractivity contribution in [3.05, 3.63) is 103 Å². The van der Waals surface area contributed by atoms with Crippen LogP contribution in [0.3, 0.4) is 0 Å². The highest BCUT2D eigenvalue weighted by Gasteiger charge is 2.29. The Bertz CT molecular complexity index is 1270. The summed E-state index contributed by atoms with van der Waals surface area (Å²) in [7, 11) is 0. The van der Waals surface area contributed by atoms with Gasteiger partial charge in [0.2, 0.25) is 0 Å². The minimum absolute atomic E-state index is 0.0266. The Balaban J connectivity index is 0.000000269. The van der Waals surface area contributed by atoms with Crippen molar-refractivity contribution in [3.63, 3.8) is 0 Å². The molecule has 0 fully saturated rings. The van der Waals surface area contributed by atoms with E-state index in [2.05, 4.69) is 17.5 Å². The predicted molar refractivity (Wildman–Crippen MR) is 140 cm³/mol. The minimum Gasteiger partial charge on any atom is -0.479 e. The van der Waals surface area contributed by atoms with Crippen molar-refractivity contribution < 1.29 is 24.6 Å². The number of rotatable bonds is 6. The largest absolute Gasteiger partial charge is 0.479 e. The predicted octanol–water partition coefficient (Wildman–Crippen LogP) is 5.87. The van der Waals surface area contributed by atoms with Gasteiger partial charge in [0.05, 0.1) is 31.2 Å². The summed E-state index contributed by atoms with van der Waals surface area (Å²) >= 11 is 28.2. The van der Waals surface area contributed by atoms with Gasteiger partial charge in [0.1, 0.15) is 0 Å². The summed E-state index contributed by atoms with van der Waals surface area (Å²) in [4.78, 5) is 34.8. The summed E-state index contributed by atoms with van der Waals surface area (Å²) in [5, 5.41) is 19.7. The van der Waals surface area contributed by atoms with Crippen LogP contribution in [0.15, 0.2) is 60.7 Å². The quantitative estimate of drug-likeness (QED) is 0.125. The van der Waals surface area contributed by atoms with Gasteiger partial charge in [-0.25, -0.2) is 9.59 Å². The number of carboxylic acids is 2. The highest BCUT2D eigenvalue weighted by molar-refractivity contribution is 7.80. The molecule has 182 valence electrons. The van der Waals surface area contributed by atoms with Crippen LogP contribution in [0.2, 0.25) is 20.1 Å². The molecule has 3 rings (SSSR count). The van der Waals surface area contributed by atoms with Crippen molar-refractivity contribution in [2.45, 2.75) is 6.04 Å². The van der Waals surface area contributed by atoms with Gasteiger partial charge in [-0.2, -0.15) is 0 Å². The number of carboxylic acid groups (broad SMARTS) is 2. The molecule has 5 N–H and O–H groups in total. The molecule has 0 saturated heterocycles. The molecule has 3 aromatic carbocycles. The van der Waals surface area contributed by atoms with Gasteiger partial charge in [-0.3, -0.25) is 4.79 Å². The molecule has 1 atom stereocenters. The molecular formula is C23H16Cl4N2O5S. The second-order valence-corrected chi connectivity index (χ2v) is 8.65. The molecule has 0 heterocycles. The van der Waals surface area contributed by atoms with Crippen LogP contribution in [0.25, 0.3) is 0 Å². The summed E-state index contributed by atoms with van der Waals surface area (Å²) in [5.74, 6) is -3.03. The van der Waals surface area contributed by atoms with Crippen LogP contribution >= 0.6 is 58.6 Å². The molecule has 3 aromatic rings. The molecule has 0 aromatic heterocycles. The average molecular weight is 574 g/mol. The maximum atomic E-state index is 12.5. The van der Waals surface area contributed by atoms with Crippen molar-refractivity contribution in [1.29, 1.82) is 0 Å². The molecule has 12 heteroatoms. The summed E-state index contributed by atoms with van der Waals surface area (Å²) < 4.78 is 0. The zero-order valence-corrected chi connectivity index (χ0v) is 21.3. The van der Waals surface area contributed by atoms with Gasteiger partial charge in [0.15, 0.2) is 16.9 Å². The van der Waals surface area contributed by atoms with Gasteiger partial charge in [-0.1, -0.05) is 107 Å². The number of aliphatic carboxylic acids is 1. The van der Waals surface area contributed by atoms with Crippen LogP contribution in [0, 0.1) is 0 Å². The Morgan fingerprint density at radius 3 is 1.66 bits per heavy atom. The van der Waals surface area contributed by atoms with Gasteiger partial charge in [-0.15, -0.1) is 0 Å². The van der Waals surface area contributed by atoms with Crippen LogP contribution in [0.5, 0.6) is 0 Å². The highest BCUT2D eigenvalue weighted by Crippen LogP contribution is 2.42. The lowest BCUT2D eigenvalue weighted by Crippen LogP contribution is -2.37. The fourth-order valence-corrected chi connectivity index (χ4v) is 3.99. The van der Waals surface area contributed by atoms with Gasteiger partial charge < -0.3 is 21.3 Å².